The molecule has 0 bridgehead atoms. The lowest BCUT2D eigenvalue weighted by molar-refractivity contribution is -0.127. The fraction of sp³-hybridized carbons (Fsp3) is 0.148. The Kier molecular flexibility index (Phi) is 8.18. The highest BCUT2D eigenvalue weighted by Gasteiger charge is 2.36. The number of carbonyl (C=O) groups is 3. The number of hydrogen-bond donors (Lipinski definition) is 1. The third kappa shape index (κ3) is 6.57. The number of imide groups is 1. The van der Waals surface area contributed by atoms with Crippen molar-refractivity contribution in [1.29, 1.82) is 0 Å². The number of hydrogen-bond acceptors (Lipinski definition) is 5. The maximum Gasteiger partial charge on any atom is 0.294 e. The van der Waals surface area contributed by atoms with Crippen LogP contribution in [0.1, 0.15) is 22.3 Å². The monoisotopic (exact) mass is 584 g/mol. The summed E-state index contributed by atoms with van der Waals surface area (Å²) in [5.41, 5.74) is 4.33. The zero-order chi connectivity index (χ0) is 25.8. The van der Waals surface area contributed by atoms with Crippen molar-refractivity contribution < 1.29 is 19.1 Å². The average Bonchev–Trinajstić information content (AvgIpc) is 3.06. The lowest BCUT2D eigenvalue weighted by atomic mass is 10.1. The van der Waals surface area contributed by atoms with Crippen molar-refractivity contribution in [2.45, 2.75) is 20.5 Å². The van der Waals surface area contributed by atoms with E-state index in [-0.39, 0.29) is 11.4 Å². The smallest absolute Gasteiger partial charge is 0.294 e. The van der Waals surface area contributed by atoms with Gasteiger partial charge >= 0.3 is 0 Å². The predicted octanol–water partition coefficient (Wildman–Crippen LogP) is 6.97. The summed E-state index contributed by atoms with van der Waals surface area (Å²) >= 11 is 10.2. The maximum absolute atomic E-state index is 12.8. The summed E-state index contributed by atoms with van der Waals surface area (Å²) in [6, 6.07) is 18.4. The van der Waals surface area contributed by atoms with Gasteiger partial charge in [-0.3, -0.25) is 19.3 Å². The normalized spacial score (nSPS) is 14.4. The first-order valence-corrected chi connectivity index (χ1v) is 13.0. The molecule has 0 unspecified atom stereocenters. The number of carbonyl (C=O) groups excluding carboxylic acids is 3. The average molecular weight is 586 g/mol. The predicted molar refractivity (Wildman–Crippen MR) is 147 cm³/mol. The van der Waals surface area contributed by atoms with Crippen molar-refractivity contribution in [2.75, 3.05) is 11.9 Å². The zero-order valence-electron chi connectivity index (χ0n) is 19.5. The molecule has 0 aromatic heterocycles. The Labute approximate surface area is 226 Å². The van der Waals surface area contributed by atoms with Crippen molar-refractivity contribution in [2.24, 2.45) is 0 Å². The van der Waals surface area contributed by atoms with Crippen LogP contribution in [0.3, 0.4) is 0 Å². The summed E-state index contributed by atoms with van der Waals surface area (Å²) in [5.74, 6) is -0.300. The van der Waals surface area contributed by atoms with Crippen LogP contribution in [0.4, 0.5) is 10.5 Å². The second kappa shape index (κ2) is 11.3. The molecule has 3 aromatic carbocycles. The van der Waals surface area contributed by atoms with E-state index in [1.165, 1.54) is 0 Å². The third-order valence-electron chi connectivity index (χ3n) is 5.24. The summed E-state index contributed by atoms with van der Waals surface area (Å²) in [6.45, 7) is 3.88. The van der Waals surface area contributed by atoms with Crippen LogP contribution in [0.25, 0.3) is 6.08 Å². The first kappa shape index (κ1) is 26.0. The molecule has 4 rings (SSSR count). The second-order valence-corrected chi connectivity index (χ2v) is 10.6. The molecule has 1 N–H and O–H groups in total. The van der Waals surface area contributed by atoms with E-state index < -0.39 is 17.1 Å². The first-order chi connectivity index (χ1) is 17.2. The van der Waals surface area contributed by atoms with Crippen LogP contribution >= 0.6 is 39.3 Å². The summed E-state index contributed by atoms with van der Waals surface area (Å²) in [4.78, 5) is 39.0. The molecule has 1 aliphatic heterocycles. The van der Waals surface area contributed by atoms with Crippen LogP contribution in [0.2, 0.25) is 5.02 Å². The standard InChI is InChI=1S/C27H22BrClN2O4S/c1-16-9-17(2)11-21(10-16)30-25(32)14-31-26(33)24(36-27(31)34)13-19-5-8-23(22(28)12-19)35-15-18-3-6-20(29)7-4-18/h3-13H,14-15H2,1-2H3,(H,30,32)/b24-13+. The molecule has 0 spiro atoms. The molecule has 184 valence electrons. The molecule has 36 heavy (non-hydrogen) atoms. The van der Waals surface area contributed by atoms with Crippen LogP contribution in [-0.4, -0.2) is 28.5 Å². The van der Waals surface area contributed by atoms with Crippen molar-refractivity contribution in [3.8, 4) is 5.75 Å². The molecule has 1 fully saturated rings. The summed E-state index contributed by atoms with van der Waals surface area (Å²) < 4.78 is 6.57. The number of halogens is 2. The van der Waals surface area contributed by atoms with Gasteiger partial charge in [0.15, 0.2) is 0 Å². The van der Waals surface area contributed by atoms with Crippen LogP contribution in [0.5, 0.6) is 5.75 Å². The molecule has 1 heterocycles. The number of anilines is 1. The van der Waals surface area contributed by atoms with Gasteiger partial charge in [0.2, 0.25) is 5.91 Å². The molecule has 9 heteroatoms. The minimum Gasteiger partial charge on any atom is -0.488 e. The Morgan fingerprint density at radius 2 is 1.75 bits per heavy atom. The topological polar surface area (TPSA) is 75.7 Å². The molecule has 0 atom stereocenters. The van der Waals surface area contributed by atoms with E-state index in [1.807, 2.05) is 44.2 Å². The first-order valence-electron chi connectivity index (χ1n) is 11.0. The molecule has 3 aromatic rings. The lowest BCUT2D eigenvalue weighted by Crippen LogP contribution is -2.36. The van der Waals surface area contributed by atoms with Crippen molar-refractivity contribution in [3.63, 3.8) is 0 Å². The van der Waals surface area contributed by atoms with Crippen molar-refractivity contribution in [1.82, 2.24) is 4.90 Å². The lowest BCUT2D eigenvalue weighted by Gasteiger charge is -2.13. The minimum absolute atomic E-state index is 0.251. The van der Waals surface area contributed by atoms with Crippen LogP contribution in [-0.2, 0) is 16.2 Å². The molecule has 6 nitrogen and oxygen atoms in total. The van der Waals surface area contributed by atoms with Gasteiger partial charge < -0.3 is 10.1 Å². The third-order valence-corrected chi connectivity index (χ3v) is 7.02. The van der Waals surface area contributed by atoms with Crippen LogP contribution in [0, 0.1) is 13.8 Å². The van der Waals surface area contributed by atoms with Crippen LogP contribution in [0.15, 0.2) is 70.0 Å². The second-order valence-electron chi connectivity index (χ2n) is 8.30. The molecule has 0 saturated carbocycles. The minimum atomic E-state index is -0.500. The number of nitrogens with zero attached hydrogens (tertiary/aromatic N) is 1. The van der Waals surface area contributed by atoms with E-state index in [0.29, 0.717) is 33.1 Å². The molecule has 1 saturated heterocycles. The van der Waals surface area contributed by atoms with Gasteiger partial charge in [-0.15, -0.1) is 0 Å². The number of rotatable bonds is 7. The molecule has 3 amide bonds. The van der Waals surface area contributed by atoms with Gasteiger partial charge in [0, 0.05) is 10.7 Å². The largest absolute Gasteiger partial charge is 0.488 e. The highest BCUT2D eigenvalue weighted by molar-refractivity contribution is 9.10. The van der Waals surface area contributed by atoms with E-state index in [1.54, 1.807) is 36.4 Å². The van der Waals surface area contributed by atoms with Gasteiger partial charge in [0.25, 0.3) is 11.1 Å². The van der Waals surface area contributed by atoms with Gasteiger partial charge in [0.05, 0.1) is 9.38 Å². The van der Waals surface area contributed by atoms with E-state index >= 15 is 0 Å². The van der Waals surface area contributed by atoms with Crippen molar-refractivity contribution in [3.05, 3.63) is 97.3 Å². The Hall–Kier alpha value is -3.07. The van der Waals surface area contributed by atoms with E-state index in [9.17, 15) is 14.4 Å². The number of ether oxygens (including phenoxy) is 1. The van der Waals surface area contributed by atoms with E-state index in [4.69, 9.17) is 16.3 Å². The Bertz CT molecular complexity index is 1350. The highest BCUT2D eigenvalue weighted by Crippen LogP contribution is 2.34. The van der Waals surface area contributed by atoms with Gasteiger partial charge in [-0.25, -0.2) is 0 Å². The number of thioether (sulfide) groups is 1. The van der Waals surface area contributed by atoms with Crippen molar-refractivity contribution >= 4 is 68.1 Å². The summed E-state index contributed by atoms with van der Waals surface area (Å²) in [7, 11) is 0. The number of benzene rings is 3. The van der Waals surface area contributed by atoms with Gasteiger partial charge in [-0.2, -0.15) is 0 Å². The quantitative estimate of drug-likeness (QED) is 0.303. The van der Waals surface area contributed by atoms with Gasteiger partial charge in [-0.05, 0) is 106 Å². The van der Waals surface area contributed by atoms with Gasteiger partial charge in [-0.1, -0.05) is 35.9 Å². The van der Waals surface area contributed by atoms with E-state index in [2.05, 4.69) is 21.2 Å². The number of amides is 3. The SMILES string of the molecule is Cc1cc(C)cc(NC(=O)CN2C(=O)S/C(=C/c3ccc(OCc4ccc(Cl)cc4)c(Br)c3)C2=O)c1. The molecule has 0 radical (unpaired) electrons. The van der Waals surface area contributed by atoms with Gasteiger partial charge in [0.1, 0.15) is 18.9 Å². The summed E-state index contributed by atoms with van der Waals surface area (Å²) in [6.07, 6.45) is 1.63. The molecule has 1 aliphatic rings. The van der Waals surface area contributed by atoms with E-state index in [0.717, 1.165) is 33.4 Å². The zero-order valence-corrected chi connectivity index (χ0v) is 22.7. The highest BCUT2D eigenvalue weighted by atomic mass is 79.9. The molecule has 0 aliphatic carbocycles. The maximum atomic E-state index is 12.8. The Morgan fingerprint density at radius 3 is 2.42 bits per heavy atom. The number of nitrogens with one attached hydrogen (secondary N) is 1. The summed E-state index contributed by atoms with van der Waals surface area (Å²) in [5, 5.41) is 2.94. The Balaban J connectivity index is 1.39. The fourth-order valence-corrected chi connectivity index (χ4v) is 5.12. The van der Waals surface area contributed by atoms with Crippen LogP contribution < -0.4 is 10.1 Å². The Morgan fingerprint density at radius 1 is 1.06 bits per heavy atom. The molecular formula is C27H22BrClN2O4S. The fourth-order valence-electron chi connectivity index (χ4n) is 3.64. The number of aryl methyl sites for hydroxylation is 2. The molecular weight excluding hydrogens is 564 g/mol.